The van der Waals surface area contributed by atoms with Crippen LogP contribution in [-0.4, -0.2) is 10.9 Å². The molecule has 0 aromatic carbocycles. The van der Waals surface area contributed by atoms with Gasteiger partial charge < -0.3 is 16.0 Å². The predicted octanol–water partition coefficient (Wildman–Crippen LogP) is -0.923. The number of nitrogens with two attached hydrogens (primary N) is 1. The fraction of sp³-hybridized carbons (Fsp3) is 0.250. The van der Waals surface area contributed by atoms with Gasteiger partial charge in [-0.05, 0) is 11.6 Å². The van der Waals surface area contributed by atoms with Crippen molar-refractivity contribution in [3.63, 3.8) is 0 Å². The van der Waals surface area contributed by atoms with Crippen LogP contribution in [0.2, 0.25) is 0 Å². The zero-order valence-electron chi connectivity index (χ0n) is 6.89. The number of H-pyrrole nitrogens is 1. The third-order valence-electron chi connectivity index (χ3n) is 2.10. The Morgan fingerprint density at radius 3 is 2.92 bits per heavy atom. The minimum Gasteiger partial charge on any atom is -0.365 e. The molecular weight excluding hydrogens is 170 g/mol. The lowest BCUT2D eigenvalue weighted by atomic mass is 10.1. The van der Waals surface area contributed by atoms with Gasteiger partial charge >= 0.3 is 0 Å². The Balaban J connectivity index is 2.62. The Morgan fingerprint density at radius 2 is 2.23 bits per heavy atom. The summed E-state index contributed by atoms with van der Waals surface area (Å²) in [5, 5.41) is 3.06. The number of amides is 1. The van der Waals surface area contributed by atoms with Crippen LogP contribution in [0.15, 0.2) is 10.9 Å². The quantitative estimate of drug-likeness (QED) is 0.520. The highest BCUT2D eigenvalue weighted by Crippen LogP contribution is 2.11. The maximum Gasteiger partial charge on any atom is 0.261 e. The van der Waals surface area contributed by atoms with Gasteiger partial charge in [-0.2, -0.15) is 0 Å². The molecular formula is C8H9N3O2. The van der Waals surface area contributed by atoms with Crippen LogP contribution < -0.4 is 16.6 Å². The van der Waals surface area contributed by atoms with Crippen molar-refractivity contribution in [1.29, 1.82) is 0 Å². The second-order valence-corrected chi connectivity index (χ2v) is 2.98. The highest BCUT2D eigenvalue weighted by molar-refractivity contribution is 5.92. The third kappa shape index (κ3) is 1.23. The van der Waals surface area contributed by atoms with Crippen LogP contribution in [-0.2, 0) is 13.1 Å². The highest BCUT2D eigenvalue weighted by atomic mass is 16.2. The van der Waals surface area contributed by atoms with Crippen molar-refractivity contribution >= 4 is 5.91 Å². The van der Waals surface area contributed by atoms with E-state index < -0.39 is 11.5 Å². The molecule has 1 aromatic heterocycles. The van der Waals surface area contributed by atoms with Gasteiger partial charge in [-0.3, -0.25) is 9.59 Å². The smallest absolute Gasteiger partial charge is 0.261 e. The molecule has 0 radical (unpaired) electrons. The standard InChI is InChI=1S/C8H9N3O2/c9-7(12)5-1-4-2-10-3-6(4)11-8(5)13/h1,10H,2-3H2,(H2,9,12)(H,11,13). The normalized spacial score (nSPS) is 14.2. The Morgan fingerprint density at radius 1 is 1.46 bits per heavy atom. The molecule has 0 aliphatic carbocycles. The molecule has 13 heavy (non-hydrogen) atoms. The molecule has 0 fully saturated rings. The molecule has 1 aromatic rings. The summed E-state index contributed by atoms with van der Waals surface area (Å²) in [6, 6.07) is 1.55. The molecule has 4 N–H and O–H groups in total. The van der Waals surface area contributed by atoms with Crippen LogP contribution in [0.25, 0.3) is 0 Å². The van der Waals surface area contributed by atoms with E-state index in [1.165, 1.54) is 0 Å². The molecule has 5 nitrogen and oxygen atoms in total. The number of hydrogen-bond acceptors (Lipinski definition) is 3. The molecule has 0 spiro atoms. The summed E-state index contributed by atoms with van der Waals surface area (Å²) in [6.45, 7) is 1.32. The lowest BCUT2D eigenvalue weighted by Crippen LogP contribution is -2.24. The molecule has 2 heterocycles. The van der Waals surface area contributed by atoms with E-state index in [-0.39, 0.29) is 5.56 Å². The first-order chi connectivity index (χ1) is 6.18. The molecule has 1 aliphatic rings. The van der Waals surface area contributed by atoms with Crippen molar-refractivity contribution in [1.82, 2.24) is 10.3 Å². The Kier molecular flexibility index (Phi) is 1.66. The van der Waals surface area contributed by atoms with Crippen LogP contribution in [0.5, 0.6) is 0 Å². The highest BCUT2D eigenvalue weighted by Gasteiger charge is 2.15. The van der Waals surface area contributed by atoms with Crippen molar-refractivity contribution in [3.05, 3.63) is 33.2 Å². The molecule has 5 heteroatoms. The number of aromatic nitrogens is 1. The number of nitrogens with one attached hydrogen (secondary N) is 2. The molecule has 2 rings (SSSR count). The Labute approximate surface area is 74.0 Å². The van der Waals surface area contributed by atoms with Crippen molar-refractivity contribution < 1.29 is 4.79 Å². The van der Waals surface area contributed by atoms with Crippen molar-refractivity contribution in [3.8, 4) is 0 Å². The van der Waals surface area contributed by atoms with E-state index in [2.05, 4.69) is 10.3 Å². The monoisotopic (exact) mass is 179 g/mol. The van der Waals surface area contributed by atoms with Crippen LogP contribution >= 0.6 is 0 Å². The maximum absolute atomic E-state index is 11.2. The topological polar surface area (TPSA) is 88.0 Å². The zero-order chi connectivity index (χ0) is 9.42. The summed E-state index contributed by atoms with van der Waals surface area (Å²) >= 11 is 0. The fourth-order valence-electron chi connectivity index (χ4n) is 1.43. The second kappa shape index (κ2) is 2.70. The van der Waals surface area contributed by atoms with Gasteiger partial charge in [0.25, 0.3) is 11.5 Å². The number of fused-ring (bicyclic) bond motifs is 1. The summed E-state index contributed by atoms with van der Waals surface area (Å²) in [7, 11) is 0. The largest absolute Gasteiger partial charge is 0.365 e. The summed E-state index contributed by atoms with van der Waals surface area (Å²) in [6.07, 6.45) is 0. The number of pyridine rings is 1. The third-order valence-corrected chi connectivity index (χ3v) is 2.10. The van der Waals surface area contributed by atoms with E-state index in [1.807, 2.05) is 0 Å². The molecule has 0 atom stereocenters. The number of aromatic amines is 1. The summed E-state index contributed by atoms with van der Waals surface area (Å²) < 4.78 is 0. The summed E-state index contributed by atoms with van der Waals surface area (Å²) in [4.78, 5) is 24.7. The van der Waals surface area contributed by atoms with Gasteiger partial charge in [-0.1, -0.05) is 0 Å². The number of carbonyl (C=O) groups excluding carboxylic acids is 1. The molecule has 0 unspecified atom stereocenters. The van der Waals surface area contributed by atoms with E-state index in [0.29, 0.717) is 13.1 Å². The Bertz CT molecular complexity index is 422. The van der Waals surface area contributed by atoms with Crippen molar-refractivity contribution in [2.75, 3.05) is 0 Å². The van der Waals surface area contributed by atoms with Crippen LogP contribution in [0.4, 0.5) is 0 Å². The summed E-state index contributed by atoms with van der Waals surface area (Å²) in [5.41, 5.74) is 6.43. The minimum absolute atomic E-state index is 0.0300. The lowest BCUT2D eigenvalue weighted by Gasteiger charge is -1.99. The van der Waals surface area contributed by atoms with Gasteiger partial charge in [0.05, 0.1) is 0 Å². The fourth-order valence-corrected chi connectivity index (χ4v) is 1.43. The van der Waals surface area contributed by atoms with Gasteiger partial charge in [-0.25, -0.2) is 0 Å². The number of primary amides is 1. The number of rotatable bonds is 1. The molecule has 68 valence electrons. The number of carbonyl (C=O) groups is 1. The maximum atomic E-state index is 11.2. The second-order valence-electron chi connectivity index (χ2n) is 2.98. The molecule has 0 saturated carbocycles. The molecule has 1 amide bonds. The van der Waals surface area contributed by atoms with Crippen molar-refractivity contribution in [2.24, 2.45) is 5.73 Å². The molecule has 1 aliphatic heterocycles. The average Bonchev–Trinajstić information content (AvgIpc) is 2.48. The van der Waals surface area contributed by atoms with Gasteiger partial charge in [0, 0.05) is 18.8 Å². The first kappa shape index (κ1) is 8.00. The first-order valence-electron chi connectivity index (χ1n) is 3.94. The van der Waals surface area contributed by atoms with E-state index in [9.17, 15) is 9.59 Å². The average molecular weight is 179 g/mol. The van der Waals surface area contributed by atoms with E-state index in [4.69, 9.17) is 5.73 Å². The lowest BCUT2D eigenvalue weighted by molar-refractivity contribution is 0.0999. The minimum atomic E-state index is -0.684. The zero-order valence-corrected chi connectivity index (χ0v) is 6.89. The van der Waals surface area contributed by atoms with Gasteiger partial charge in [-0.15, -0.1) is 0 Å². The van der Waals surface area contributed by atoms with Gasteiger partial charge in [0.15, 0.2) is 0 Å². The van der Waals surface area contributed by atoms with Gasteiger partial charge in [0.1, 0.15) is 5.56 Å². The Hall–Kier alpha value is -1.62. The molecule has 0 bridgehead atoms. The van der Waals surface area contributed by atoms with E-state index in [0.717, 1.165) is 11.3 Å². The van der Waals surface area contributed by atoms with Crippen LogP contribution in [0.1, 0.15) is 21.6 Å². The predicted molar refractivity (Wildman–Crippen MR) is 46.1 cm³/mol. The first-order valence-corrected chi connectivity index (χ1v) is 3.94. The SMILES string of the molecule is NC(=O)c1cc2c([nH]c1=O)CNC2. The van der Waals surface area contributed by atoms with Crippen molar-refractivity contribution in [2.45, 2.75) is 13.1 Å². The van der Waals surface area contributed by atoms with E-state index >= 15 is 0 Å². The van der Waals surface area contributed by atoms with Crippen LogP contribution in [0, 0.1) is 0 Å². The van der Waals surface area contributed by atoms with E-state index in [1.54, 1.807) is 6.07 Å². The van der Waals surface area contributed by atoms with Crippen LogP contribution in [0.3, 0.4) is 0 Å². The summed E-state index contributed by atoms with van der Waals surface area (Å²) in [5.74, 6) is -0.684. The molecule has 0 saturated heterocycles. The van der Waals surface area contributed by atoms with Gasteiger partial charge in [0.2, 0.25) is 0 Å². The number of hydrogen-bond donors (Lipinski definition) is 3.